The fraction of sp³-hybridized carbons (Fsp3) is 0.0303. The van der Waals surface area contributed by atoms with Crippen LogP contribution in [0.4, 0.5) is 0 Å². The van der Waals surface area contributed by atoms with Crippen molar-refractivity contribution in [2.75, 3.05) is 0 Å². The Labute approximate surface area is 201 Å². The van der Waals surface area contributed by atoms with E-state index in [-0.39, 0.29) is 0 Å². The normalized spacial score (nSPS) is 13.7. The van der Waals surface area contributed by atoms with E-state index >= 15 is 0 Å². The summed E-state index contributed by atoms with van der Waals surface area (Å²) in [5, 5.41) is 11.4. The van der Waals surface area contributed by atoms with Crippen molar-refractivity contribution in [3.63, 3.8) is 0 Å². The molecule has 0 bridgehead atoms. The van der Waals surface area contributed by atoms with Crippen molar-refractivity contribution in [1.82, 2.24) is 0 Å². The van der Waals surface area contributed by atoms with E-state index in [1.165, 1.54) is 59.0 Å². The molecule has 0 fully saturated rings. The number of benzene rings is 6. The summed E-state index contributed by atoms with van der Waals surface area (Å²) in [6, 6.07) is 47.9. The van der Waals surface area contributed by atoms with Crippen LogP contribution in [-0.2, 0) is 0 Å². The molecule has 0 amide bonds. The predicted molar refractivity (Wildman–Crippen MR) is 149 cm³/mol. The summed E-state index contributed by atoms with van der Waals surface area (Å²) in [7, 11) is -2.57. The van der Waals surface area contributed by atoms with E-state index in [0.29, 0.717) is 0 Å². The van der Waals surface area contributed by atoms with E-state index in [2.05, 4.69) is 134 Å². The van der Waals surface area contributed by atoms with Crippen molar-refractivity contribution in [3.05, 3.63) is 133 Å². The minimum absolute atomic E-state index is 1.31. The number of rotatable bonds is 2. The molecule has 0 saturated heterocycles. The van der Waals surface area contributed by atoms with Crippen LogP contribution in [0.2, 0.25) is 0 Å². The standard InChI is InChI=1S/C33H24Si/c1-23-16-19-29-25(22-23)18-21-31-30-20-17-24-10-8-9-15-28(24)32(30)34(33(29)31,26-11-4-2-5-12-26)27-13-6-3-7-14-27/h2-22H,1H3. The van der Waals surface area contributed by atoms with Crippen LogP contribution in [0.1, 0.15) is 5.56 Å². The van der Waals surface area contributed by atoms with Gasteiger partial charge in [-0.1, -0.05) is 133 Å². The monoisotopic (exact) mass is 448 g/mol. The smallest absolute Gasteiger partial charge is 0.0623 e. The van der Waals surface area contributed by atoms with Crippen LogP contribution in [0.25, 0.3) is 32.7 Å². The van der Waals surface area contributed by atoms with Gasteiger partial charge in [0.1, 0.15) is 0 Å². The SMILES string of the molecule is Cc1ccc2c3c(ccc2c1)-c1ccc2ccccc2c1[Si]3(c1ccccc1)c1ccccc1. The Balaban J connectivity index is 1.78. The molecule has 1 heteroatoms. The second-order valence-corrected chi connectivity index (χ2v) is 13.1. The lowest BCUT2D eigenvalue weighted by molar-refractivity contribution is 1.51. The van der Waals surface area contributed by atoms with Crippen LogP contribution in [0, 0.1) is 6.92 Å². The van der Waals surface area contributed by atoms with Gasteiger partial charge >= 0.3 is 0 Å². The summed E-state index contributed by atoms with van der Waals surface area (Å²) in [5.41, 5.74) is 4.10. The highest BCUT2D eigenvalue weighted by atomic mass is 28.3. The maximum Gasteiger partial charge on any atom is 0.182 e. The highest BCUT2D eigenvalue weighted by molar-refractivity contribution is 7.24. The van der Waals surface area contributed by atoms with Crippen molar-refractivity contribution in [2.24, 2.45) is 0 Å². The first-order valence-corrected chi connectivity index (χ1v) is 14.0. The Morgan fingerprint density at radius 3 is 1.62 bits per heavy atom. The third-order valence-electron chi connectivity index (χ3n) is 7.56. The van der Waals surface area contributed by atoms with E-state index in [4.69, 9.17) is 0 Å². The lowest BCUT2D eigenvalue weighted by Crippen LogP contribution is -2.73. The van der Waals surface area contributed by atoms with Gasteiger partial charge in [0.15, 0.2) is 8.07 Å². The lowest BCUT2D eigenvalue weighted by Gasteiger charge is -2.33. The van der Waals surface area contributed by atoms with Crippen LogP contribution in [0.3, 0.4) is 0 Å². The molecule has 0 N–H and O–H groups in total. The van der Waals surface area contributed by atoms with Crippen LogP contribution >= 0.6 is 0 Å². The zero-order chi connectivity index (χ0) is 22.7. The summed E-state index contributed by atoms with van der Waals surface area (Å²) in [5.74, 6) is 0. The molecule has 7 rings (SSSR count). The number of fused-ring (bicyclic) bond motifs is 7. The van der Waals surface area contributed by atoms with Gasteiger partial charge in [0.2, 0.25) is 0 Å². The molecule has 0 saturated carbocycles. The molecule has 1 aliphatic heterocycles. The van der Waals surface area contributed by atoms with Gasteiger partial charge in [0.05, 0.1) is 0 Å². The first kappa shape index (κ1) is 19.5. The van der Waals surface area contributed by atoms with Gasteiger partial charge in [-0.05, 0) is 60.3 Å². The maximum atomic E-state index is 2.38. The third kappa shape index (κ3) is 2.53. The van der Waals surface area contributed by atoms with E-state index in [1.807, 2.05) is 0 Å². The molecule has 0 aromatic heterocycles. The second-order valence-electron chi connectivity index (χ2n) is 9.40. The summed E-state index contributed by atoms with van der Waals surface area (Å²) in [6.07, 6.45) is 0. The summed E-state index contributed by atoms with van der Waals surface area (Å²) >= 11 is 0. The molecule has 0 unspecified atom stereocenters. The Bertz CT molecular complexity index is 1660. The second kappa shape index (κ2) is 7.28. The minimum atomic E-state index is -2.57. The first-order chi connectivity index (χ1) is 16.8. The predicted octanol–water partition coefficient (Wildman–Crippen LogP) is 5.66. The van der Waals surface area contributed by atoms with Gasteiger partial charge in [0, 0.05) is 0 Å². The Morgan fingerprint density at radius 2 is 0.971 bits per heavy atom. The van der Waals surface area contributed by atoms with Gasteiger partial charge in [0.25, 0.3) is 0 Å². The van der Waals surface area contributed by atoms with Gasteiger partial charge < -0.3 is 0 Å². The van der Waals surface area contributed by atoms with E-state index < -0.39 is 8.07 Å². The Morgan fingerprint density at radius 1 is 0.441 bits per heavy atom. The van der Waals surface area contributed by atoms with Gasteiger partial charge in [-0.3, -0.25) is 0 Å². The summed E-state index contributed by atoms with van der Waals surface area (Å²) in [6.45, 7) is 2.19. The molecule has 160 valence electrons. The molecule has 34 heavy (non-hydrogen) atoms. The molecule has 1 aliphatic rings. The highest BCUT2D eigenvalue weighted by Crippen LogP contribution is 2.35. The van der Waals surface area contributed by atoms with Crippen LogP contribution in [0.5, 0.6) is 0 Å². The zero-order valence-electron chi connectivity index (χ0n) is 19.1. The Kier molecular flexibility index (Phi) is 4.18. The van der Waals surface area contributed by atoms with Crippen LogP contribution in [0.15, 0.2) is 127 Å². The van der Waals surface area contributed by atoms with Gasteiger partial charge in [-0.25, -0.2) is 0 Å². The maximum absolute atomic E-state index is 2.57. The topological polar surface area (TPSA) is 0 Å². The summed E-state index contributed by atoms with van der Waals surface area (Å²) in [4.78, 5) is 0. The molecule has 0 spiro atoms. The van der Waals surface area contributed by atoms with Crippen molar-refractivity contribution >= 4 is 50.4 Å². The largest absolute Gasteiger partial charge is 0.182 e. The lowest BCUT2D eigenvalue weighted by atomic mass is 9.98. The fourth-order valence-corrected chi connectivity index (χ4v) is 11.9. The van der Waals surface area contributed by atoms with Crippen molar-refractivity contribution in [3.8, 4) is 11.1 Å². The zero-order valence-corrected chi connectivity index (χ0v) is 20.1. The number of aryl methyl sites for hydroxylation is 1. The quantitative estimate of drug-likeness (QED) is 0.299. The van der Waals surface area contributed by atoms with Crippen molar-refractivity contribution in [2.45, 2.75) is 6.92 Å². The van der Waals surface area contributed by atoms with Crippen LogP contribution in [-0.4, -0.2) is 8.07 Å². The highest BCUT2D eigenvalue weighted by Gasteiger charge is 2.50. The van der Waals surface area contributed by atoms with Gasteiger partial charge in [-0.2, -0.15) is 0 Å². The van der Waals surface area contributed by atoms with Gasteiger partial charge in [-0.15, -0.1) is 0 Å². The molecular formula is C33H24Si. The number of hydrogen-bond acceptors (Lipinski definition) is 0. The summed E-state index contributed by atoms with van der Waals surface area (Å²) < 4.78 is 0. The Hall–Kier alpha value is -3.94. The van der Waals surface area contributed by atoms with Crippen molar-refractivity contribution < 1.29 is 0 Å². The molecule has 0 aliphatic carbocycles. The molecule has 0 radical (unpaired) electrons. The van der Waals surface area contributed by atoms with E-state index in [9.17, 15) is 0 Å². The van der Waals surface area contributed by atoms with Crippen molar-refractivity contribution in [1.29, 1.82) is 0 Å². The van der Waals surface area contributed by atoms with Crippen LogP contribution < -0.4 is 20.7 Å². The third-order valence-corrected chi connectivity index (χ3v) is 12.5. The van der Waals surface area contributed by atoms with E-state index in [0.717, 1.165) is 0 Å². The molecule has 0 nitrogen and oxygen atoms in total. The number of hydrogen-bond donors (Lipinski definition) is 0. The average Bonchev–Trinajstić information content (AvgIpc) is 3.21. The molecule has 0 atom stereocenters. The fourth-order valence-electron chi connectivity index (χ4n) is 6.22. The molecule has 6 aromatic carbocycles. The molecule has 6 aromatic rings. The first-order valence-electron chi connectivity index (χ1n) is 12.0. The average molecular weight is 449 g/mol. The minimum Gasteiger partial charge on any atom is -0.0623 e. The molecular weight excluding hydrogens is 424 g/mol. The molecule has 1 heterocycles. The van der Waals surface area contributed by atoms with E-state index in [1.54, 1.807) is 0 Å².